The fourth-order valence-corrected chi connectivity index (χ4v) is 3.45. The summed E-state index contributed by atoms with van der Waals surface area (Å²) in [6.07, 6.45) is 3.84. The Morgan fingerprint density at radius 1 is 1.10 bits per heavy atom. The molecule has 0 bridgehead atoms. The van der Waals surface area contributed by atoms with Gasteiger partial charge in [0, 0.05) is 39.3 Å². The van der Waals surface area contributed by atoms with Crippen molar-refractivity contribution in [3.05, 3.63) is 35.4 Å². The number of benzene rings is 1. The first-order valence-corrected chi connectivity index (χ1v) is 8.52. The van der Waals surface area contributed by atoms with Crippen LogP contribution < -0.4 is 5.32 Å². The molecule has 2 aliphatic rings. The number of piperazine rings is 1. The molecule has 116 valence electrons. The average Bonchev–Trinajstić information content (AvgIpc) is 2.56. The molecule has 1 N–H and O–H groups in total. The van der Waals surface area contributed by atoms with E-state index in [4.69, 9.17) is 0 Å². The van der Waals surface area contributed by atoms with Crippen LogP contribution in [0.25, 0.3) is 0 Å². The lowest BCUT2D eigenvalue weighted by molar-refractivity contribution is 0.155. The van der Waals surface area contributed by atoms with Crippen molar-refractivity contribution in [2.24, 2.45) is 0 Å². The molecule has 0 amide bonds. The number of nitrogens with zero attached hydrogens (tertiary/aromatic N) is 2. The van der Waals surface area contributed by atoms with Crippen LogP contribution in [0.3, 0.4) is 0 Å². The van der Waals surface area contributed by atoms with Gasteiger partial charge in [-0.1, -0.05) is 24.3 Å². The number of hydrogen-bond donors (Lipinski definition) is 1. The van der Waals surface area contributed by atoms with Gasteiger partial charge in [-0.25, -0.2) is 0 Å². The number of nitrogens with one attached hydrogen (secondary N) is 1. The van der Waals surface area contributed by atoms with Crippen molar-refractivity contribution in [2.75, 3.05) is 52.9 Å². The number of piperidine rings is 1. The monoisotopic (exact) mass is 287 g/mol. The summed E-state index contributed by atoms with van der Waals surface area (Å²) < 4.78 is 0. The maximum Gasteiger partial charge on any atom is 0.0110 e. The van der Waals surface area contributed by atoms with Crippen molar-refractivity contribution in [2.45, 2.75) is 25.2 Å². The largest absolute Gasteiger partial charge is 0.316 e. The molecule has 2 saturated heterocycles. The molecule has 1 aromatic rings. The van der Waals surface area contributed by atoms with E-state index in [1.54, 1.807) is 0 Å². The molecule has 1 unspecified atom stereocenters. The topological polar surface area (TPSA) is 18.5 Å². The summed E-state index contributed by atoms with van der Waals surface area (Å²) in [5.41, 5.74) is 3.01. The highest BCUT2D eigenvalue weighted by molar-refractivity contribution is 5.26. The maximum atomic E-state index is 3.51. The Kier molecular flexibility index (Phi) is 5.28. The molecular formula is C18H29N3. The molecular weight excluding hydrogens is 258 g/mol. The van der Waals surface area contributed by atoms with E-state index in [1.165, 1.54) is 69.7 Å². The zero-order valence-electron chi connectivity index (χ0n) is 13.4. The van der Waals surface area contributed by atoms with Gasteiger partial charge in [-0.2, -0.15) is 0 Å². The molecule has 3 nitrogen and oxygen atoms in total. The molecule has 0 spiro atoms. The number of hydrogen-bond acceptors (Lipinski definition) is 3. The van der Waals surface area contributed by atoms with Crippen LogP contribution in [0.5, 0.6) is 0 Å². The molecule has 2 fully saturated rings. The lowest BCUT2D eigenvalue weighted by Gasteiger charge is -2.32. The summed E-state index contributed by atoms with van der Waals surface area (Å²) in [7, 11) is 2.22. The third-order valence-corrected chi connectivity index (χ3v) is 5.06. The van der Waals surface area contributed by atoms with Gasteiger partial charge in [0.05, 0.1) is 0 Å². The van der Waals surface area contributed by atoms with Gasteiger partial charge in [-0.15, -0.1) is 0 Å². The second-order valence-electron chi connectivity index (χ2n) is 6.68. The third kappa shape index (κ3) is 4.29. The smallest absolute Gasteiger partial charge is 0.0110 e. The fraction of sp³-hybridized carbons (Fsp3) is 0.667. The zero-order valence-corrected chi connectivity index (χ0v) is 13.4. The SMILES string of the molecule is CN1CCN(CCc2ccc(C3CCCNC3)cc2)CC1. The quantitative estimate of drug-likeness (QED) is 0.913. The molecule has 3 rings (SSSR count). The van der Waals surface area contributed by atoms with Crippen molar-refractivity contribution < 1.29 is 0 Å². The first kappa shape index (κ1) is 15.0. The summed E-state index contributed by atoms with van der Waals surface area (Å²) >= 11 is 0. The van der Waals surface area contributed by atoms with Crippen LogP contribution in [0.1, 0.15) is 29.9 Å². The molecule has 3 heteroatoms. The molecule has 0 aromatic heterocycles. The van der Waals surface area contributed by atoms with E-state index in [9.17, 15) is 0 Å². The van der Waals surface area contributed by atoms with Gasteiger partial charge >= 0.3 is 0 Å². The van der Waals surface area contributed by atoms with Gasteiger partial charge < -0.3 is 15.1 Å². The predicted octanol–water partition coefficient (Wildman–Crippen LogP) is 1.94. The Labute approximate surface area is 129 Å². The van der Waals surface area contributed by atoms with Gasteiger partial charge in [0.15, 0.2) is 0 Å². The summed E-state index contributed by atoms with van der Waals surface area (Å²) in [4.78, 5) is 5.02. The molecule has 2 aliphatic heterocycles. The van der Waals surface area contributed by atoms with E-state index < -0.39 is 0 Å². The van der Waals surface area contributed by atoms with Crippen LogP contribution in [0.15, 0.2) is 24.3 Å². The average molecular weight is 287 g/mol. The van der Waals surface area contributed by atoms with Gasteiger partial charge in [0.2, 0.25) is 0 Å². The summed E-state index contributed by atoms with van der Waals surface area (Å²) in [5.74, 6) is 0.727. The van der Waals surface area contributed by atoms with Crippen LogP contribution in [0.2, 0.25) is 0 Å². The van der Waals surface area contributed by atoms with E-state index >= 15 is 0 Å². The third-order valence-electron chi connectivity index (χ3n) is 5.06. The Balaban J connectivity index is 1.48. The molecule has 2 heterocycles. The Morgan fingerprint density at radius 3 is 2.52 bits per heavy atom. The minimum absolute atomic E-state index is 0.727. The molecule has 1 aromatic carbocycles. The highest BCUT2D eigenvalue weighted by Gasteiger charge is 2.15. The Morgan fingerprint density at radius 2 is 1.86 bits per heavy atom. The first-order valence-electron chi connectivity index (χ1n) is 8.52. The van der Waals surface area contributed by atoms with Crippen molar-refractivity contribution in [3.8, 4) is 0 Å². The zero-order chi connectivity index (χ0) is 14.5. The highest BCUT2D eigenvalue weighted by atomic mass is 15.2. The van der Waals surface area contributed by atoms with E-state index in [1.807, 2.05) is 0 Å². The van der Waals surface area contributed by atoms with Gasteiger partial charge in [0.25, 0.3) is 0 Å². The molecule has 0 radical (unpaired) electrons. The van der Waals surface area contributed by atoms with Gasteiger partial charge in [-0.3, -0.25) is 0 Å². The predicted molar refractivity (Wildman–Crippen MR) is 88.9 cm³/mol. The van der Waals surface area contributed by atoms with Crippen LogP contribution in [0, 0.1) is 0 Å². The van der Waals surface area contributed by atoms with Crippen LogP contribution in [0.4, 0.5) is 0 Å². The van der Waals surface area contributed by atoms with Crippen LogP contribution >= 0.6 is 0 Å². The van der Waals surface area contributed by atoms with Crippen molar-refractivity contribution in [1.29, 1.82) is 0 Å². The van der Waals surface area contributed by atoms with E-state index in [2.05, 4.69) is 46.4 Å². The van der Waals surface area contributed by atoms with Crippen LogP contribution in [-0.4, -0.2) is 62.7 Å². The van der Waals surface area contributed by atoms with Gasteiger partial charge in [-0.05, 0) is 49.9 Å². The van der Waals surface area contributed by atoms with E-state index in [0.29, 0.717) is 0 Å². The van der Waals surface area contributed by atoms with Crippen molar-refractivity contribution in [3.63, 3.8) is 0 Å². The maximum absolute atomic E-state index is 3.51. The summed E-state index contributed by atoms with van der Waals surface area (Å²) in [6, 6.07) is 9.41. The fourth-order valence-electron chi connectivity index (χ4n) is 3.45. The first-order chi connectivity index (χ1) is 10.3. The molecule has 21 heavy (non-hydrogen) atoms. The van der Waals surface area contributed by atoms with E-state index in [0.717, 1.165) is 12.5 Å². The lowest BCUT2D eigenvalue weighted by Crippen LogP contribution is -2.45. The highest BCUT2D eigenvalue weighted by Crippen LogP contribution is 2.23. The number of likely N-dealkylation sites (N-methyl/N-ethyl adjacent to an activating group) is 1. The molecule has 0 saturated carbocycles. The minimum atomic E-state index is 0.727. The minimum Gasteiger partial charge on any atom is -0.316 e. The molecule has 0 aliphatic carbocycles. The summed E-state index contributed by atoms with van der Waals surface area (Å²) in [6.45, 7) is 8.43. The second-order valence-corrected chi connectivity index (χ2v) is 6.68. The normalized spacial score (nSPS) is 25.1. The van der Waals surface area contributed by atoms with Crippen molar-refractivity contribution in [1.82, 2.24) is 15.1 Å². The number of rotatable bonds is 4. The Bertz CT molecular complexity index is 415. The Hall–Kier alpha value is -0.900. The standard InChI is InChI=1S/C18H29N3/c1-20-11-13-21(14-12-20)10-8-16-4-6-17(7-5-16)18-3-2-9-19-15-18/h4-7,18-19H,2-3,8-15H2,1H3. The van der Waals surface area contributed by atoms with E-state index in [-0.39, 0.29) is 0 Å². The second kappa shape index (κ2) is 7.39. The summed E-state index contributed by atoms with van der Waals surface area (Å²) in [5, 5.41) is 3.51. The van der Waals surface area contributed by atoms with Crippen molar-refractivity contribution >= 4 is 0 Å². The van der Waals surface area contributed by atoms with Crippen LogP contribution in [-0.2, 0) is 6.42 Å². The van der Waals surface area contributed by atoms with Gasteiger partial charge in [0.1, 0.15) is 0 Å². The lowest BCUT2D eigenvalue weighted by atomic mass is 9.91. The molecule has 1 atom stereocenters.